The Morgan fingerprint density at radius 2 is 1.70 bits per heavy atom. The summed E-state index contributed by atoms with van der Waals surface area (Å²) in [5, 5.41) is 13.5. The molecule has 1 aromatic heterocycles. The average molecular weight is 633 g/mol. The maximum Gasteiger partial charge on any atom is 0.416 e. The fraction of sp³-hybridized carbons (Fsp3) is 0.120. The molecule has 4 rings (SSSR count). The molecule has 7 nitrogen and oxygen atoms in total. The second kappa shape index (κ2) is 12.5. The SMILES string of the molecule is O=C(CSc1nnc(CNC(=O)c2c(F)cccc2Cl)n1-c1cccc(Cl)c1)Nc1cc(C(F)(F)F)ccc1Cl. The Labute approximate surface area is 243 Å². The van der Waals surface area contributed by atoms with E-state index in [1.807, 2.05) is 0 Å². The Kier molecular flexibility index (Phi) is 9.24. The first kappa shape index (κ1) is 29.7. The van der Waals surface area contributed by atoms with E-state index in [9.17, 15) is 27.2 Å². The van der Waals surface area contributed by atoms with Crippen LogP contribution in [0.1, 0.15) is 21.7 Å². The summed E-state index contributed by atoms with van der Waals surface area (Å²) in [4.78, 5) is 25.2. The number of anilines is 1. The number of hydrogen-bond donors (Lipinski definition) is 2. The van der Waals surface area contributed by atoms with E-state index in [0.717, 1.165) is 36.0 Å². The summed E-state index contributed by atoms with van der Waals surface area (Å²) < 4.78 is 54.8. The van der Waals surface area contributed by atoms with Gasteiger partial charge in [0.2, 0.25) is 5.91 Å². The number of halogens is 7. The molecule has 0 spiro atoms. The monoisotopic (exact) mass is 631 g/mol. The van der Waals surface area contributed by atoms with Crippen molar-refractivity contribution in [2.24, 2.45) is 0 Å². The summed E-state index contributed by atoms with van der Waals surface area (Å²) in [7, 11) is 0. The molecule has 0 bridgehead atoms. The second-order valence-corrected chi connectivity index (χ2v) is 10.2. The van der Waals surface area contributed by atoms with Gasteiger partial charge in [-0.05, 0) is 48.5 Å². The van der Waals surface area contributed by atoms with E-state index in [1.54, 1.807) is 24.3 Å². The Bertz CT molecular complexity index is 1560. The predicted octanol–water partition coefficient (Wildman–Crippen LogP) is 7.05. The highest BCUT2D eigenvalue weighted by atomic mass is 35.5. The molecule has 4 aromatic rings. The number of amides is 2. The quantitative estimate of drug-likeness (QED) is 0.161. The molecule has 2 N–H and O–H groups in total. The predicted molar refractivity (Wildman–Crippen MR) is 145 cm³/mol. The van der Waals surface area contributed by atoms with E-state index in [-0.39, 0.29) is 44.6 Å². The van der Waals surface area contributed by atoms with E-state index in [1.165, 1.54) is 16.7 Å². The first-order valence-corrected chi connectivity index (χ1v) is 13.3. The zero-order chi connectivity index (χ0) is 29.0. The number of rotatable bonds is 8. The third-order valence-electron chi connectivity index (χ3n) is 5.26. The Morgan fingerprint density at radius 3 is 2.40 bits per heavy atom. The molecule has 3 aromatic carbocycles. The molecule has 15 heteroatoms. The number of nitrogens with zero attached hydrogens (tertiary/aromatic N) is 3. The zero-order valence-corrected chi connectivity index (χ0v) is 23.0. The molecule has 208 valence electrons. The van der Waals surface area contributed by atoms with Crippen LogP contribution in [0.2, 0.25) is 15.1 Å². The van der Waals surface area contributed by atoms with Crippen molar-refractivity contribution >= 4 is 64.1 Å². The summed E-state index contributed by atoms with van der Waals surface area (Å²) in [5.41, 5.74) is -1.01. The molecule has 0 fully saturated rings. The summed E-state index contributed by atoms with van der Waals surface area (Å²) in [6.45, 7) is -0.199. The van der Waals surface area contributed by atoms with Crippen molar-refractivity contribution in [1.29, 1.82) is 0 Å². The summed E-state index contributed by atoms with van der Waals surface area (Å²) in [5.74, 6) is -2.30. The van der Waals surface area contributed by atoms with Crippen LogP contribution in [0.25, 0.3) is 5.69 Å². The van der Waals surface area contributed by atoms with Gasteiger partial charge in [-0.25, -0.2) is 4.39 Å². The maximum atomic E-state index is 14.2. The summed E-state index contributed by atoms with van der Waals surface area (Å²) >= 11 is 19.0. The lowest BCUT2D eigenvalue weighted by atomic mass is 10.2. The fourth-order valence-corrected chi connectivity index (χ4v) is 4.83. The highest BCUT2D eigenvalue weighted by Crippen LogP contribution is 2.34. The Hall–Kier alpha value is -3.32. The smallest absolute Gasteiger partial charge is 0.345 e. The van der Waals surface area contributed by atoms with Crippen molar-refractivity contribution in [3.05, 3.63) is 98.5 Å². The van der Waals surface area contributed by atoms with Gasteiger partial charge in [0.25, 0.3) is 5.91 Å². The van der Waals surface area contributed by atoms with E-state index in [0.29, 0.717) is 10.7 Å². The van der Waals surface area contributed by atoms with Crippen LogP contribution in [-0.4, -0.2) is 32.3 Å². The lowest BCUT2D eigenvalue weighted by Crippen LogP contribution is -2.26. The molecule has 0 aliphatic rings. The van der Waals surface area contributed by atoms with E-state index in [4.69, 9.17) is 34.8 Å². The van der Waals surface area contributed by atoms with Crippen molar-refractivity contribution in [2.45, 2.75) is 17.9 Å². The van der Waals surface area contributed by atoms with Gasteiger partial charge in [-0.15, -0.1) is 10.2 Å². The molecular formula is C25H16Cl3F4N5O2S. The van der Waals surface area contributed by atoms with Crippen LogP contribution in [0.4, 0.5) is 23.2 Å². The zero-order valence-electron chi connectivity index (χ0n) is 19.9. The molecule has 0 radical (unpaired) electrons. The van der Waals surface area contributed by atoms with Crippen LogP contribution in [0, 0.1) is 5.82 Å². The highest BCUT2D eigenvalue weighted by Gasteiger charge is 2.31. The molecule has 2 amide bonds. The van der Waals surface area contributed by atoms with Crippen LogP contribution in [0.5, 0.6) is 0 Å². The number of carbonyl (C=O) groups excluding carboxylic acids is 2. The van der Waals surface area contributed by atoms with Gasteiger partial charge in [0.15, 0.2) is 11.0 Å². The number of carbonyl (C=O) groups is 2. The largest absolute Gasteiger partial charge is 0.416 e. The van der Waals surface area contributed by atoms with Crippen molar-refractivity contribution in [1.82, 2.24) is 20.1 Å². The van der Waals surface area contributed by atoms with E-state index in [2.05, 4.69) is 20.8 Å². The van der Waals surface area contributed by atoms with Crippen molar-refractivity contribution < 1.29 is 27.2 Å². The molecule has 0 saturated carbocycles. The molecule has 0 unspecified atom stereocenters. The van der Waals surface area contributed by atoms with Gasteiger partial charge in [-0.3, -0.25) is 14.2 Å². The Morgan fingerprint density at radius 1 is 0.950 bits per heavy atom. The number of hydrogen-bond acceptors (Lipinski definition) is 5. The maximum absolute atomic E-state index is 14.2. The van der Waals surface area contributed by atoms with Gasteiger partial charge in [0.05, 0.1) is 44.8 Å². The first-order valence-electron chi connectivity index (χ1n) is 11.2. The van der Waals surface area contributed by atoms with Crippen LogP contribution in [0.3, 0.4) is 0 Å². The normalized spacial score (nSPS) is 11.4. The lowest BCUT2D eigenvalue weighted by Gasteiger charge is -2.13. The molecule has 1 heterocycles. The number of aromatic nitrogens is 3. The van der Waals surface area contributed by atoms with Gasteiger partial charge < -0.3 is 10.6 Å². The fourth-order valence-electron chi connectivity index (χ4n) is 3.46. The Balaban J connectivity index is 1.53. The first-order chi connectivity index (χ1) is 18.9. The van der Waals surface area contributed by atoms with Crippen LogP contribution in [-0.2, 0) is 17.5 Å². The molecule has 0 aliphatic heterocycles. The number of alkyl halides is 3. The second-order valence-electron chi connectivity index (χ2n) is 8.02. The summed E-state index contributed by atoms with van der Waals surface area (Å²) in [6.07, 6.45) is -4.62. The van der Waals surface area contributed by atoms with Gasteiger partial charge in [0, 0.05) is 5.02 Å². The van der Waals surface area contributed by atoms with Crippen LogP contribution >= 0.6 is 46.6 Å². The number of nitrogens with one attached hydrogen (secondary N) is 2. The van der Waals surface area contributed by atoms with Crippen molar-refractivity contribution in [2.75, 3.05) is 11.1 Å². The third-order valence-corrected chi connectivity index (χ3v) is 7.07. The van der Waals surface area contributed by atoms with E-state index < -0.39 is 29.4 Å². The van der Waals surface area contributed by atoms with Gasteiger partial charge in [0.1, 0.15) is 5.82 Å². The minimum Gasteiger partial charge on any atom is -0.345 e. The minimum atomic E-state index is -4.62. The third kappa shape index (κ3) is 7.05. The number of thioether (sulfide) groups is 1. The van der Waals surface area contributed by atoms with Gasteiger partial charge >= 0.3 is 6.18 Å². The topological polar surface area (TPSA) is 88.9 Å². The molecule has 0 atom stereocenters. The lowest BCUT2D eigenvalue weighted by molar-refractivity contribution is -0.137. The molecule has 0 aliphatic carbocycles. The summed E-state index contributed by atoms with van der Waals surface area (Å²) in [6, 6.07) is 13.0. The van der Waals surface area contributed by atoms with Gasteiger partial charge in [-0.1, -0.05) is 58.7 Å². The van der Waals surface area contributed by atoms with Gasteiger partial charge in [-0.2, -0.15) is 13.2 Å². The standard InChI is InChI=1S/C25H16Cl3F4N5O2S/c26-14-3-1-4-15(10-14)37-20(11-33-23(39)22-17(28)5-2-6-18(22)29)35-36-24(37)40-12-21(38)34-19-9-13(25(30,31)32)7-8-16(19)27/h1-10H,11-12H2,(H,33,39)(H,34,38). The van der Waals surface area contributed by atoms with Crippen molar-refractivity contribution in [3.8, 4) is 5.69 Å². The van der Waals surface area contributed by atoms with Crippen LogP contribution < -0.4 is 10.6 Å². The van der Waals surface area contributed by atoms with E-state index >= 15 is 0 Å². The number of benzene rings is 3. The average Bonchev–Trinajstić information content (AvgIpc) is 3.29. The molecule has 40 heavy (non-hydrogen) atoms. The molecular weight excluding hydrogens is 617 g/mol. The molecule has 0 saturated heterocycles. The van der Waals surface area contributed by atoms with Crippen LogP contribution in [0.15, 0.2) is 65.8 Å². The minimum absolute atomic E-state index is 0.0681. The van der Waals surface area contributed by atoms with Crippen molar-refractivity contribution in [3.63, 3.8) is 0 Å². The highest BCUT2D eigenvalue weighted by molar-refractivity contribution is 7.99.